The third-order valence-electron chi connectivity index (χ3n) is 5.40. The summed E-state index contributed by atoms with van der Waals surface area (Å²) in [5, 5.41) is 11.0. The lowest BCUT2D eigenvalue weighted by molar-refractivity contribution is 0.476. The molecule has 28 heavy (non-hydrogen) atoms. The van der Waals surface area contributed by atoms with Gasteiger partial charge in [-0.05, 0) is 77.6 Å². The second-order valence-corrected chi connectivity index (χ2v) is 7.66. The van der Waals surface area contributed by atoms with Crippen molar-refractivity contribution < 1.29 is 9.50 Å². The molecule has 1 N–H and O–H groups in total. The van der Waals surface area contributed by atoms with Crippen molar-refractivity contribution in [3.05, 3.63) is 89.2 Å². The molecule has 0 spiro atoms. The SMILES string of the molecule is Cc1c(-c2ccc(F)cc2)n(Cc2ccc(C(C)C)cc2)c2ccc(O)cc12. The van der Waals surface area contributed by atoms with Gasteiger partial charge < -0.3 is 9.67 Å². The quantitative estimate of drug-likeness (QED) is 0.426. The van der Waals surface area contributed by atoms with Gasteiger partial charge in [0.2, 0.25) is 0 Å². The summed E-state index contributed by atoms with van der Waals surface area (Å²) in [5.74, 6) is 0.507. The predicted molar refractivity (Wildman–Crippen MR) is 113 cm³/mol. The van der Waals surface area contributed by atoms with Crippen molar-refractivity contribution in [3.63, 3.8) is 0 Å². The maximum Gasteiger partial charge on any atom is 0.123 e. The van der Waals surface area contributed by atoms with Gasteiger partial charge in [0, 0.05) is 17.4 Å². The molecule has 0 atom stereocenters. The Labute approximate surface area is 164 Å². The summed E-state index contributed by atoms with van der Waals surface area (Å²) in [4.78, 5) is 0. The fourth-order valence-electron chi connectivity index (χ4n) is 3.85. The zero-order valence-electron chi connectivity index (χ0n) is 16.4. The molecule has 0 aliphatic carbocycles. The van der Waals surface area contributed by atoms with Crippen LogP contribution in [0.2, 0.25) is 0 Å². The molecule has 0 aliphatic rings. The number of hydrogen-bond acceptors (Lipinski definition) is 1. The Morgan fingerprint density at radius 2 is 1.61 bits per heavy atom. The maximum absolute atomic E-state index is 13.5. The van der Waals surface area contributed by atoms with Crippen molar-refractivity contribution in [2.24, 2.45) is 0 Å². The summed E-state index contributed by atoms with van der Waals surface area (Å²) in [6, 6.07) is 20.8. The monoisotopic (exact) mass is 373 g/mol. The molecule has 142 valence electrons. The van der Waals surface area contributed by atoms with Gasteiger partial charge >= 0.3 is 0 Å². The number of benzene rings is 3. The molecular weight excluding hydrogens is 349 g/mol. The van der Waals surface area contributed by atoms with E-state index in [4.69, 9.17) is 0 Å². The minimum absolute atomic E-state index is 0.244. The second kappa shape index (κ2) is 7.16. The molecule has 2 nitrogen and oxygen atoms in total. The van der Waals surface area contributed by atoms with Gasteiger partial charge in [-0.25, -0.2) is 4.39 Å². The number of fused-ring (bicyclic) bond motifs is 1. The van der Waals surface area contributed by atoms with Gasteiger partial charge in [0.15, 0.2) is 0 Å². The number of aromatic hydroxyl groups is 1. The van der Waals surface area contributed by atoms with Crippen molar-refractivity contribution in [1.29, 1.82) is 0 Å². The summed E-state index contributed by atoms with van der Waals surface area (Å²) >= 11 is 0. The Hall–Kier alpha value is -3.07. The van der Waals surface area contributed by atoms with Crippen LogP contribution in [0.4, 0.5) is 4.39 Å². The van der Waals surface area contributed by atoms with Crippen LogP contribution in [0.5, 0.6) is 5.75 Å². The lowest BCUT2D eigenvalue weighted by Crippen LogP contribution is -2.02. The molecule has 1 heterocycles. The standard InChI is InChI=1S/C25H24FNO/c1-16(2)19-6-4-18(5-7-19)15-27-24-13-12-22(28)14-23(24)17(3)25(27)20-8-10-21(26)11-9-20/h4-14,16,28H,15H2,1-3H3. The fourth-order valence-corrected chi connectivity index (χ4v) is 3.85. The Morgan fingerprint density at radius 3 is 2.25 bits per heavy atom. The summed E-state index contributed by atoms with van der Waals surface area (Å²) in [6.45, 7) is 7.15. The lowest BCUT2D eigenvalue weighted by atomic mass is 10.0. The molecule has 4 rings (SSSR count). The number of halogens is 1. The highest BCUT2D eigenvalue weighted by Gasteiger charge is 2.17. The smallest absolute Gasteiger partial charge is 0.123 e. The number of aryl methyl sites for hydroxylation is 1. The number of phenols is 1. The van der Waals surface area contributed by atoms with Crippen LogP contribution in [0.1, 0.15) is 36.5 Å². The van der Waals surface area contributed by atoms with Crippen LogP contribution in [0.25, 0.3) is 22.2 Å². The van der Waals surface area contributed by atoms with E-state index in [0.717, 1.165) is 27.7 Å². The molecule has 0 saturated heterocycles. The van der Waals surface area contributed by atoms with Gasteiger partial charge in [0.1, 0.15) is 11.6 Å². The molecular formula is C25H24FNO. The van der Waals surface area contributed by atoms with Crippen LogP contribution in [0, 0.1) is 12.7 Å². The van der Waals surface area contributed by atoms with E-state index in [1.54, 1.807) is 12.1 Å². The Bertz CT molecular complexity index is 1120. The number of phenolic OH excluding ortho intramolecular Hbond substituents is 1. The lowest BCUT2D eigenvalue weighted by Gasteiger charge is -2.13. The first-order valence-corrected chi connectivity index (χ1v) is 9.60. The van der Waals surface area contributed by atoms with E-state index in [2.05, 4.69) is 49.6 Å². The molecule has 0 saturated carbocycles. The molecule has 0 amide bonds. The van der Waals surface area contributed by atoms with E-state index in [1.807, 2.05) is 18.2 Å². The highest BCUT2D eigenvalue weighted by atomic mass is 19.1. The fraction of sp³-hybridized carbons (Fsp3) is 0.200. The van der Waals surface area contributed by atoms with E-state index in [-0.39, 0.29) is 11.6 Å². The van der Waals surface area contributed by atoms with E-state index < -0.39 is 0 Å². The Kier molecular flexibility index (Phi) is 4.68. The molecule has 4 aromatic rings. The average Bonchev–Trinajstić information content (AvgIpc) is 2.94. The van der Waals surface area contributed by atoms with Gasteiger partial charge in [0.05, 0.1) is 5.69 Å². The minimum Gasteiger partial charge on any atom is -0.508 e. The van der Waals surface area contributed by atoms with E-state index >= 15 is 0 Å². The first-order valence-electron chi connectivity index (χ1n) is 9.60. The number of nitrogens with zero attached hydrogens (tertiary/aromatic N) is 1. The normalized spacial score (nSPS) is 11.5. The van der Waals surface area contributed by atoms with Crippen LogP contribution in [0.3, 0.4) is 0 Å². The van der Waals surface area contributed by atoms with E-state index in [1.165, 1.54) is 23.3 Å². The third kappa shape index (κ3) is 3.29. The zero-order valence-corrected chi connectivity index (χ0v) is 16.4. The Morgan fingerprint density at radius 1 is 0.929 bits per heavy atom. The summed E-state index contributed by atoms with van der Waals surface area (Å²) in [5.41, 5.74) is 6.68. The zero-order chi connectivity index (χ0) is 19.8. The third-order valence-corrected chi connectivity index (χ3v) is 5.40. The van der Waals surface area contributed by atoms with Crippen molar-refractivity contribution in [3.8, 4) is 17.0 Å². The second-order valence-electron chi connectivity index (χ2n) is 7.66. The van der Waals surface area contributed by atoms with Crippen molar-refractivity contribution in [2.75, 3.05) is 0 Å². The summed E-state index contributed by atoms with van der Waals surface area (Å²) in [7, 11) is 0. The van der Waals surface area contributed by atoms with Gasteiger partial charge in [0.25, 0.3) is 0 Å². The van der Waals surface area contributed by atoms with Crippen LogP contribution < -0.4 is 0 Å². The molecule has 1 aromatic heterocycles. The number of aromatic nitrogens is 1. The molecule has 0 unspecified atom stereocenters. The summed E-state index contributed by atoms with van der Waals surface area (Å²) in [6.07, 6.45) is 0. The molecule has 0 bridgehead atoms. The molecule has 3 aromatic carbocycles. The van der Waals surface area contributed by atoms with Crippen molar-refractivity contribution >= 4 is 10.9 Å². The highest BCUT2D eigenvalue weighted by molar-refractivity contribution is 5.92. The van der Waals surface area contributed by atoms with Crippen LogP contribution in [-0.4, -0.2) is 9.67 Å². The molecule has 0 aliphatic heterocycles. The van der Waals surface area contributed by atoms with Crippen molar-refractivity contribution in [2.45, 2.75) is 33.2 Å². The number of hydrogen-bond donors (Lipinski definition) is 1. The first kappa shape index (κ1) is 18.3. The molecule has 3 heteroatoms. The van der Waals surface area contributed by atoms with Crippen molar-refractivity contribution in [1.82, 2.24) is 4.57 Å². The summed E-state index contributed by atoms with van der Waals surface area (Å²) < 4.78 is 15.7. The van der Waals surface area contributed by atoms with Gasteiger partial charge in [-0.1, -0.05) is 38.1 Å². The largest absolute Gasteiger partial charge is 0.508 e. The Balaban J connectivity index is 1.87. The maximum atomic E-state index is 13.5. The van der Waals surface area contributed by atoms with Gasteiger partial charge in [-0.3, -0.25) is 0 Å². The van der Waals surface area contributed by atoms with Crippen LogP contribution in [0.15, 0.2) is 66.7 Å². The van der Waals surface area contributed by atoms with Gasteiger partial charge in [-0.15, -0.1) is 0 Å². The highest BCUT2D eigenvalue weighted by Crippen LogP contribution is 2.35. The molecule has 0 fully saturated rings. The van der Waals surface area contributed by atoms with E-state index in [9.17, 15) is 9.50 Å². The predicted octanol–water partition coefficient (Wildman–Crippen LogP) is 6.63. The van der Waals surface area contributed by atoms with E-state index in [0.29, 0.717) is 12.5 Å². The molecule has 0 radical (unpaired) electrons. The topological polar surface area (TPSA) is 25.2 Å². The first-order chi connectivity index (χ1) is 13.4. The average molecular weight is 373 g/mol. The van der Waals surface area contributed by atoms with Crippen LogP contribution >= 0.6 is 0 Å². The van der Waals surface area contributed by atoms with Crippen LogP contribution in [-0.2, 0) is 6.54 Å². The minimum atomic E-state index is -0.244. The van der Waals surface area contributed by atoms with Gasteiger partial charge in [-0.2, -0.15) is 0 Å². The number of rotatable bonds is 4.